The van der Waals surface area contributed by atoms with Gasteiger partial charge in [-0.3, -0.25) is 4.99 Å². The highest BCUT2D eigenvalue weighted by Crippen LogP contribution is 2.33. The molecule has 0 spiro atoms. The van der Waals surface area contributed by atoms with Gasteiger partial charge in [-0.25, -0.2) is 0 Å². The van der Waals surface area contributed by atoms with Crippen molar-refractivity contribution >= 4 is 5.96 Å². The van der Waals surface area contributed by atoms with Crippen LogP contribution in [0.4, 0.5) is 0 Å². The molecule has 0 aromatic carbocycles. The SMILES string of the molecule is NC(=NCC1CCC1)NCCCC1CC1. The smallest absolute Gasteiger partial charge is 0.188 e. The van der Waals surface area contributed by atoms with Gasteiger partial charge in [0.2, 0.25) is 0 Å². The maximum atomic E-state index is 5.77. The summed E-state index contributed by atoms with van der Waals surface area (Å²) in [4.78, 5) is 4.36. The Balaban J connectivity index is 1.48. The summed E-state index contributed by atoms with van der Waals surface area (Å²) in [5.74, 6) is 2.49. The maximum absolute atomic E-state index is 5.77. The van der Waals surface area contributed by atoms with Crippen LogP contribution in [0.25, 0.3) is 0 Å². The number of aliphatic imine (C=N–C) groups is 1. The molecule has 2 aliphatic rings. The molecule has 2 saturated carbocycles. The van der Waals surface area contributed by atoms with Gasteiger partial charge in [-0.15, -0.1) is 0 Å². The van der Waals surface area contributed by atoms with Crippen LogP contribution in [-0.2, 0) is 0 Å². The number of hydrogen-bond donors (Lipinski definition) is 2. The number of nitrogens with two attached hydrogens (primary N) is 1. The van der Waals surface area contributed by atoms with Gasteiger partial charge in [0.25, 0.3) is 0 Å². The van der Waals surface area contributed by atoms with Gasteiger partial charge >= 0.3 is 0 Å². The quantitative estimate of drug-likeness (QED) is 0.399. The van der Waals surface area contributed by atoms with Crippen LogP contribution in [0.2, 0.25) is 0 Å². The average molecular weight is 209 g/mol. The minimum Gasteiger partial charge on any atom is -0.370 e. The first-order chi connectivity index (χ1) is 7.34. The van der Waals surface area contributed by atoms with E-state index < -0.39 is 0 Å². The van der Waals surface area contributed by atoms with Crippen LogP contribution in [0.1, 0.15) is 44.9 Å². The van der Waals surface area contributed by atoms with E-state index in [4.69, 9.17) is 5.73 Å². The minimum absolute atomic E-state index is 0.651. The second kappa shape index (κ2) is 5.38. The number of guanidine groups is 1. The normalized spacial score (nSPS) is 22.5. The van der Waals surface area contributed by atoms with Gasteiger partial charge in [0, 0.05) is 13.1 Å². The summed E-state index contributed by atoms with van der Waals surface area (Å²) in [7, 11) is 0. The fraction of sp³-hybridized carbons (Fsp3) is 0.917. The van der Waals surface area contributed by atoms with Crippen LogP contribution in [0.3, 0.4) is 0 Å². The highest BCUT2D eigenvalue weighted by molar-refractivity contribution is 5.77. The minimum atomic E-state index is 0.651. The summed E-state index contributed by atoms with van der Waals surface area (Å²) in [5.41, 5.74) is 5.77. The standard InChI is InChI=1S/C12H23N3/c13-12(15-9-11-3-1-4-11)14-8-2-5-10-6-7-10/h10-11H,1-9H2,(H3,13,14,15). The van der Waals surface area contributed by atoms with Gasteiger partial charge in [0.15, 0.2) is 5.96 Å². The molecule has 86 valence electrons. The van der Waals surface area contributed by atoms with Crippen molar-refractivity contribution in [1.82, 2.24) is 5.32 Å². The van der Waals surface area contributed by atoms with Crippen molar-refractivity contribution < 1.29 is 0 Å². The van der Waals surface area contributed by atoms with E-state index in [0.29, 0.717) is 5.96 Å². The number of rotatable bonds is 6. The Kier molecular flexibility index (Phi) is 3.87. The molecule has 0 bridgehead atoms. The Morgan fingerprint density at radius 3 is 2.60 bits per heavy atom. The largest absolute Gasteiger partial charge is 0.370 e. The van der Waals surface area contributed by atoms with Crippen LogP contribution in [0, 0.1) is 11.8 Å². The summed E-state index contributed by atoms with van der Waals surface area (Å²) in [6.45, 7) is 1.93. The van der Waals surface area contributed by atoms with Crippen molar-refractivity contribution in [1.29, 1.82) is 0 Å². The van der Waals surface area contributed by atoms with Crippen molar-refractivity contribution in [3.8, 4) is 0 Å². The third-order valence-corrected chi connectivity index (χ3v) is 3.54. The fourth-order valence-corrected chi connectivity index (χ4v) is 1.97. The Labute approximate surface area is 92.5 Å². The average Bonchev–Trinajstić information content (AvgIpc) is 2.93. The van der Waals surface area contributed by atoms with E-state index in [1.54, 1.807) is 0 Å². The molecule has 0 radical (unpaired) electrons. The molecule has 2 rings (SSSR count). The number of hydrogen-bond acceptors (Lipinski definition) is 1. The fourth-order valence-electron chi connectivity index (χ4n) is 1.97. The van der Waals surface area contributed by atoms with Crippen LogP contribution in [0.15, 0.2) is 4.99 Å². The summed E-state index contributed by atoms with van der Waals surface area (Å²) in [6.07, 6.45) is 9.58. The first-order valence-electron chi connectivity index (χ1n) is 6.38. The highest BCUT2D eigenvalue weighted by Gasteiger charge is 2.20. The van der Waals surface area contributed by atoms with Crippen molar-refractivity contribution in [2.24, 2.45) is 22.6 Å². The maximum Gasteiger partial charge on any atom is 0.188 e. The predicted molar refractivity (Wildman–Crippen MR) is 63.8 cm³/mol. The molecule has 0 aromatic heterocycles. The predicted octanol–water partition coefficient (Wildman–Crippen LogP) is 1.88. The second-order valence-electron chi connectivity index (χ2n) is 5.04. The van der Waals surface area contributed by atoms with E-state index in [0.717, 1.165) is 24.9 Å². The van der Waals surface area contributed by atoms with Gasteiger partial charge in [-0.05, 0) is 37.5 Å². The third-order valence-electron chi connectivity index (χ3n) is 3.54. The van der Waals surface area contributed by atoms with Crippen molar-refractivity contribution in [2.75, 3.05) is 13.1 Å². The molecule has 0 heterocycles. The summed E-state index contributed by atoms with van der Waals surface area (Å²) in [6, 6.07) is 0. The zero-order chi connectivity index (χ0) is 10.5. The number of nitrogens with one attached hydrogen (secondary N) is 1. The summed E-state index contributed by atoms with van der Waals surface area (Å²) in [5, 5.41) is 3.20. The summed E-state index contributed by atoms with van der Waals surface area (Å²) < 4.78 is 0. The third kappa shape index (κ3) is 4.10. The lowest BCUT2D eigenvalue weighted by molar-refractivity contribution is 0.326. The molecule has 2 aliphatic carbocycles. The molecule has 0 aliphatic heterocycles. The first-order valence-corrected chi connectivity index (χ1v) is 6.38. The molecular weight excluding hydrogens is 186 g/mol. The Hall–Kier alpha value is -0.730. The molecule has 3 heteroatoms. The first kappa shape index (κ1) is 10.8. The molecule has 0 atom stereocenters. The highest BCUT2D eigenvalue weighted by atomic mass is 15.1. The van der Waals surface area contributed by atoms with Gasteiger partial charge in [-0.1, -0.05) is 19.3 Å². The van der Waals surface area contributed by atoms with Gasteiger partial charge in [-0.2, -0.15) is 0 Å². The molecular formula is C12H23N3. The van der Waals surface area contributed by atoms with E-state index in [1.807, 2.05) is 0 Å². The zero-order valence-electron chi connectivity index (χ0n) is 9.54. The van der Waals surface area contributed by atoms with Crippen LogP contribution in [-0.4, -0.2) is 19.0 Å². The monoisotopic (exact) mass is 209 g/mol. The molecule has 0 amide bonds. The van der Waals surface area contributed by atoms with E-state index >= 15 is 0 Å². The number of nitrogens with zero attached hydrogens (tertiary/aromatic N) is 1. The van der Waals surface area contributed by atoms with Crippen LogP contribution in [0.5, 0.6) is 0 Å². The van der Waals surface area contributed by atoms with Crippen molar-refractivity contribution in [3.05, 3.63) is 0 Å². The molecule has 0 aromatic rings. The van der Waals surface area contributed by atoms with Crippen LogP contribution >= 0.6 is 0 Å². The van der Waals surface area contributed by atoms with Crippen LogP contribution < -0.4 is 11.1 Å². The Bertz CT molecular complexity index is 217. The lowest BCUT2D eigenvalue weighted by Gasteiger charge is -2.23. The molecule has 0 saturated heterocycles. The molecule has 0 unspecified atom stereocenters. The molecule has 3 N–H and O–H groups in total. The van der Waals surface area contributed by atoms with Gasteiger partial charge < -0.3 is 11.1 Å². The Morgan fingerprint density at radius 1 is 1.20 bits per heavy atom. The van der Waals surface area contributed by atoms with E-state index in [9.17, 15) is 0 Å². The van der Waals surface area contributed by atoms with Gasteiger partial charge in [0.05, 0.1) is 0 Å². The van der Waals surface area contributed by atoms with Gasteiger partial charge in [0.1, 0.15) is 0 Å². The lowest BCUT2D eigenvalue weighted by Crippen LogP contribution is -2.33. The lowest BCUT2D eigenvalue weighted by atomic mass is 9.86. The molecule has 3 nitrogen and oxygen atoms in total. The molecule has 2 fully saturated rings. The van der Waals surface area contributed by atoms with Crippen molar-refractivity contribution in [2.45, 2.75) is 44.9 Å². The second-order valence-corrected chi connectivity index (χ2v) is 5.04. The Morgan fingerprint density at radius 2 is 2.00 bits per heavy atom. The van der Waals surface area contributed by atoms with Crippen molar-refractivity contribution in [3.63, 3.8) is 0 Å². The van der Waals surface area contributed by atoms with E-state index in [2.05, 4.69) is 10.3 Å². The summed E-state index contributed by atoms with van der Waals surface area (Å²) >= 11 is 0. The van der Waals surface area contributed by atoms with E-state index in [1.165, 1.54) is 44.9 Å². The van der Waals surface area contributed by atoms with E-state index in [-0.39, 0.29) is 0 Å². The topological polar surface area (TPSA) is 50.4 Å². The molecule has 15 heavy (non-hydrogen) atoms. The zero-order valence-corrected chi connectivity index (χ0v) is 9.54.